The number of hydrogen-bond donors (Lipinski definition) is 5. The summed E-state index contributed by atoms with van der Waals surface area (Å²) in [7, 11) is -4.83. The van der Waals surface area contributed by atoms with E-state index in [0.717, 1.165) is 28.4 Å². The molecule has 1 fully saturated rings. The van der Waals surface area contributed by atoms with E-state index in [2.05, 4.69) is 31.3 Å². The third-order valence-electron chi connectivity index (χ3n) is 4.92. The number of β-lactam (4-membered cyclic amide) rings is 1. The van der Waals surface area contributed by atoms with Crippen molar-refractivity contribution >= 4 is 57.2 Å². The molecule has 2 aliphatic heterocycles. The molecule has 3 heterocycles. The summed E-state index contributed by atoms with van der Waals surface area (Å²) in [6, 6.07) is -2.14. The third kappa shape index (κ3) is 7.25. The minimum atomic E-state index is -5.04. The van der Waals surface area contributed by atoms with Gasteiger partial charge < -0.3 is 21.5 Å². The number of hydrogen-bond acceptors (Lipinski definition) is 11. The fourth-order valence-electron chi connectivity index (χ4n) is 3.57. The van der Waals surface area contributed by atoms with E-state index in [0.29, 0.717) is 0 Å². The van der Waals surface area contributed by atoms with E-state index in [4.69, 9.17) is 5.73 Å². The number of carboxylic acids is 1. The SMILES string of the molecule is NC(=O)NCCC(Sc1nn[nH]n1)C1=C(C(=O)O)N2C(=O)C(NC(=O)CS(=O)(=O)CC(F)(F)F)[C@H]2SC1. The molecule has 3 rings (SSSR count). The van der Waals surface area contributed by atoms with Gasteiger partial charge in [-0.3, -0.25) is 14.5 Å². The number of rotatable bonds is 11. The first-order chi connectivity index (χ1) is 17.2. The van der Waals surface area contributed by atoms with Crippen molar-refractivity contribution in [3.63, 3.8) is 0 Å². The van der Waals surface area contributed by atoms with Crippen molar-refractivity contribution in [2.24, 2.45) is 5.73 Å². The zero-order valence-corrected chi connectivity index (χ0v) is 20.8. The zero-order chi connectivity index (χ0) is 27.5. The average molecular weight is 589 g/mol. The van der Waals surface area contributed by atoms with Crippen molar-refractivity contribution in [1.29, 1.82) is 0 Å². The van der Waals surface area contributed by atoms with Gasteiger partial charge >= 0.3 is 18.2 Å². The summed E-state index contributed by atoms with van der Waals surface area (Å²) in [6.45, 7) is 0.0500. The standard InChI is InChI=1S/C16H19F3N8O7S3/c17-16(18,19)5-37(33,34)4-8(28)22-9-11(29)27-10(13(30)31)6(3-35-12(9)27)7(1-2-21-14(20)32)36-15-23-25-26-24-15/h7,9,12H,1-5H2,(H,22,28)(H,30,31)(H3,20,21,32)(H,23,24,25,26)/t7?,9?,12-/m1/s1. The topological polar surface area (TPSA) is 230 Å². The van der Waals surface area contributed by atoms with E-state index < -0.39 is 68.0 Å². The summed E-state index contributed by atoms with van der Waals surface area (Å²) in [4.78, 5) is 49.0. The van der Waals surface area contributed by atoms with Gasteiger partial charge in [-0.15, -0.1) is 22.0 Å². The van der Waals surface area contributed by atoms with Crippen molar-refractivity contribution in [3.8, 4) is 0 Å². The van der Waals surface area contributed by atoms with Gasteiger partial charge in [-0.05, 0) is 17.2 Å². The van der Waals surface area contributed by atoms with E-state index in [-0.39, 0.29) is 35.1 Å². The van der Waals surface area contributed by atoms with Gasteiger partial charge in [0.2, 0.25) is 11.1 Å². The van der Waals surface area contributed by atoms with Crippen LogP contribution in [0.2, 0.25) is 0 Å². The molecule has 0 spiro atoms. The average Bonchev–Trinajstić information content (AvgIpc) is 3.26. The molecule has 0 radical (unpaired) electrons. The van der Waals surface area contributed by atoms with Crippen molar-refractivity contribution in [3.05, 3.63) is 11.3 Å². The molecular weight excluding hydrogens is 569 g/mol. The highest BCUT2D eigenvalue weighted by atomic mass is 32.2. The number of alkyl halides is 3. The van der Waals surface area contributed by atoms with Gasteiger partial charge in [0.05, 0.1) is 0 Å². The van der Waals surface area contributed by atoms with E-state index in [9.17, 15) is 45.9 Å². The highest BCUT2D eigenvalue weighted by Crippen LogP contribution is 2.44. The summed E-state index contributed by atoms with van der Waals surface area (Å²) in [5.41, 5.74) is 4.97. The monoisotopic (exact) mass is 588 g/mol. The fourth-order valence-corrected chi connectivity index (χ4v) is 7.19. The Labute approximate surface area is 214 Å². The van der Waals surface area contributed by atoms with Gasteiger partial charge in [-0.2, -0.15) is 18.4 Å². The van der Waals surface area contributed by atoms with Crippen LogP contribution in [0.15, 0.2) is 16.4 Å². The lowest BCUT2D eigenvalue weighted by Crippen LogP contribution is -2.71. The third-order valence-corrected chi connectivity index (χ3v) is 8.88. The quantitative estimate of drug-likeness (QED) is 0.146. The molecule has 6 N–H and O–H groups in total. The smallest absolute Gasteiger partial charge is 0.402 e. The molecule has 1 aromatic rings. The van der Waals surface area contributed by atoms with Gasteiger partial charge in [0.25, 0.3) is 5.91 Å². The van der Waals surface area contributed by atoms with Crippen LogP contribution in [-0.4, -0.2) is 110 Å². The first kappa shape index (κ1) is 28.5. The van der Waals surface area contributed by atoms with Crippen LogP contribution in [0.4, 0.5) is 18.0 Å². The number of sulfone groups is 1. The van der Waals surface area contributed by atoms with Crippen LogP contribution in [0.3, 0.4) is 0 Å². The Morgan fingerprint density at radius 1 is 1.35 bits per heavy atom. The molecular formula is C16H19F3N8O7S3. The van der Waals surface area contributed by atoms with E-state index in [1.807, 2.05) is 0 Å². The van der Waals surface area contributed by atoms with Crippen molar-refractivity contribution < 1.29 is 45.9 Å². The summed E-state index contributed by atoms with van der Waals surface area (Å²) in [5.74, 6) is -7.31. The summed E-state index contributed by atoms with van der Waals surface area (Å²) >= 11 is 2.07. The van der Waals surface area contributed by atoms with E-state index >= 15 is 0 Å². The van der Waals surface area contributed by atoms with Crippen molar-refractivity contribution in [1.82, 2.24) is 36.2 Å². The number of halogens is 3. The molecule has 1 aromatic heterocycles. The molecule has 0 saturated carbocycles. The fraction of sp³-hybridized carbons (Fsp3) is 0.562. The number of urea groups is 1. The van der Waals surface area contributed by atoms with E-state index in [1.165, 1.54) is 0 Å². The normalized spacial score (nSPS) is 20.6. The molecule has 37 heavy (non-hydrogen) atoms. The van der Waals surface area contributed by atoms with Crippen LogP contribution in [0.25, 0.3) is 0 Å². The summed E-state index contributed by atoms with van der Waals surface area (Å²) < 4.78 is 60.4. The minimum absolute atomic E-state index is 0.0426. The number of aromatic amines is 1. The predicted octanol–water partition coefficient (Wildman–Crippen LogP) is -1.57. The molecule has 204 valence electrons. The van der Waals surface area contributed by atoms with Gasteiger partial charge in [0.1, 0.15) is 28.6 Å². The highest BCUT2D eigenvalue weighted by Gasteiger charge is 2.55. The number of carbonyl (C=O) groups excluding carboxylic acids is 3. The molecule has 2 unspecified atom stereocenters. The lowest BCUT2D eigenvalue weighted by atomic mass is 10.0. The second-order valence-electron chi connectivity index (χ2n) is 7.66. The molecule has 0 aliphatic carbocycles. The largest absolute Gasteiger partial charge is 0.477 e. The number of nitrogens with one attached hydrogen (secondary N) is 3. The number of nitrogens with zero attached hydrogens (tertiary/aromatic N) is 4. The number of nitrogens with two attached hydrogens (primary N) is 1. The number of primary amides is 1. The molecule has 0 bridgehead atoms. The highest BCUT2D eigenvalue weighted by molar-refractivity contribution is 8.01. The number of fused-ring (bicyclic) bond motifs is 1. The molecule has 1 saturated heterocycles. The van der Waals surface area contributed by atoms with Crippen LogP contribution in [-0.2, 0) is 24.2 Å². The Kier molecular flexibility index (Phi) is 8.57. The summed E-state index contributed by atoms with van der Waals surface area (Å²) in [5, 5.41) is 26.2. The first-order valence-corrected chi connectivity index (χ1v) is 13.8. The van der Waals surface area contributed by atoms with E-state index in [1.54, 1.807) is 0 Å². The van der Waals surface area contributed by atoms with Gasteiger partial charge in [0.15, 0.2) is 9.84 Å². The number of tetrazole rings is 1. The Hall–Kier alpha value is -3.07. The Bertz CT molecular complexity index is 1210. The Morgan fingerprint density at radius 2 is 2.05 bits per heavy atom. The maximum atomic E-state index is 12.8. The van der Waals surface area contributed by atoms with Gasteiger partial charge in [0, 0.05) is 17.5 Å². The molecule has 15 nitrogen and oxygen atoms in total. The second-order valence-corrected chi connectivity index (χ2v) is 12.0. The Morgan fingerprint density at radius 3 is 2.62 bits per heavy atom. The number of H-pyrrole nitrogens is 1. The number of carboxylic acid groups (broad SMARTS) is 1. The number of thioether (sulfide) groups is 2. The Balaban J connectivity index is 1.78. The lowest BCUT2D eigenvalue weighted by molar-refractivity contribution is -0.150. The zero-order valence-electron chi connectivity index (χ0n) is 18.4. The van der Waals surface area contributed by atoms with Crippen molar-refractivity contribution in [2.45, 2.75) is 34.4 Å². The molecule has 4 amide bonds. The van der Waals surface area contributed by atoms with Crippen LogP contribution in [0.1, 0.15) is 6.42 Å². The lowest BCUT2D eigenvalue weighted by Gasteiger charge is -2.50. The van der Waals surface area contributed by atoms with Gasteiger partial charge in [-0.1, -0.05) is 11.8 Å². The molecule has 2 aliphatic rings. The second kappa shape index (κ2) is 11.1. The minimum Gasteiger partial charge on any atom is -0.477 e. The number of aromatic nitrogens is 4. The first-order valence-electron chi connectivity index (χ1n) is 10.1. The number of aliphatic carboxylic acids is 1. The maximum Gasteiger partial charge on any atom is 0.402 e. The van der Waals surface area contributed by atoms with Gasteiger partial charge in [-0.25, -0.2) is 18.0 Å². The van der Waals surface area contributed by atoms with Crippen molar-refractivity contribution in [2.75, 3.05) is 23.8 Å². The van der Waals surface area contributed by atoms with Crippen LogP contribution in [0, 0.1) is 0 Å². The van der Waals surface area contributed by atoms with Crippen LogP contribution < -0.4 is 16.4 Å². The predicted molar refractivity (Wildman–Crippen MR) is 120 cm³/mol. The van der Waals surface area contributed by atoms with Crippen LogP contribution in [0.5, 0.6) is 0 Å². The maximum absolute atomic E-state index is 12.8. The molecule has 3 atom stereocenters. The number of carbonyl (C=O) groups is 4. The molecule has 0 aromatic carbocycles. The van der Waals surface area contributed by atoms with Crippen LogP contribution >= 0.6 is 23.5 Å². The molecule has 21 heteroatoms. The summed E-state index contributed by atoms with van der Waals surface area (Å²) in [6.07, 6.45) is -4.87. The number of amides is 4.